The summed E-state index contributed by atoms with van der Waals surface area (Å²) in [6, 6.07) is 9.47. The van der Waals surface area contributed by atoms with Crippen LogP contribution in [0.3, 0.4) is 0 Å². The highest BCUT2D eigenvalue weighted by Crippen LogP contribution is 2.28. The summed E-state index contributed by atoms with van der Waals surface area (Å²) >= 11 is 1.10. The van der Waals surface area contributed by atoms with E-state index >= 15 is 0 Å². The van der Waals surface area contributed by atoms with Gasteiger partial charge in [-0.15, -0.1) is 11.3 Å². The predicted molar refractivity (Wildman–Crippen MR) is 124 cm³/mol. The van der Waals surface area contributed by atoms with Crippen LogP contribution < -0.4 is 5.32 Å². The molecule has 0 bridgehead atoms. The SMILES string of the molecule is O=C(Cc1ccc(S(=O)(=O)N2CCCC2)s1)Nc1cccc(S(=O)(=O)N2CCCCC2)c1. The summed E-state index contributed by atoms with van der Waals surface area (Å²) in [5.41, 5.74) is 0.398. The van der Waals surface area contributed by atoms with Crippen LogP contribution in [0.5, 0.6) is 0 Å². The van der Waals surface area contributed by atoms with E-state index < -0.39 is 20.0 Å². The number of carbonyl (C=O) groups excluding carboxylic acids is 1. The predicted octanol–water partition coefficient (Wildman–Crippen LogP) is 2.89. The van der Waals surface area contributed by atoms with Crippen molar-refractivity contribution in [3.63, 3.8) is 0 Å². The molecule has 0 saturated carbocycles. The van der Waals surface area contributed by atoms with E-state index in [-0.39, 0.29) is 21.4 Å². The van der Waals surface area contributed by atoms with Crippen molar-refractivity contribution in [1.82, 2.24) is 8.61 Å². The van der Waals surface area contributed by atoms with Gasteiger partial charge in [0.15, 0.2) is 0 Å². The number of carbonyl (C=O) groups is 1. The summed E-state index contributed by atoms with van der Waals surface area (Å²) in [6.07, 6.45) is 4.49. The van der Waals surface area contributed by atoms with Crippen molar-refractivity contribution in [2.45, 2.75) is 47.6 Å². The van der Waals surface area contributed by atoms with Crippen LogP contribution in [0, 0.1) is 0 Å². The van der Waals surface area contributed by atoms with E-state index in [2.05, 4.69) is 5.32 Å². The van der Waals surface area contributed by atoms with Gasteiger partial charge in [0.25, 0.3) is 10.0 Å². The number of piperidine rings is 1. The van der Waals surface area contributed by atoms with Crippen molar-refractivity contribution in [3.05, 3.63) is 41.3 Å². The Balaban J connectivity index is 1.42. The first-order valence-electron chi connectivity index (χ1n) is 10.8. The highest BCUT2D eigenvalue weighted by molar-refractivity contribution is 7.91. The van der Waals surface area contributed by atoms with Gasteiger partial charge in [-0.25, -0.2) is 16.8 Å². The first-order valence-corrected chi connectivity index (χ1v) is 14.5. The zero-order chi connectivity index (χ0) is 22.8. The fourth-order valence-electron chi connectivity index (χ4n) is 4.00. The lowest BCUT2D eigenvalue weighted by molar-refractivity contribution is -0.115. The number of amides is 1. The summed E-state index contributed by atoms with van der Waals surface area (Å²) in [6.45, 7) is 2.10. The van der Waals surface area contributed by atoms with Gasteiger partial charge in [-0.2, -0.15) is 8.61 Å². The lowest BCUT2D eigenvalue weighted by Gasteiger charge is -2.26. The van der Waals surface area contributed by atoms with Gasteiger partial charge in [-0.1, -0.05) is 12.5 Å². The quantitative estimate of drug-likeness (QED) is 0.634. The lowest BCUT2D eigenvalue weighted by atomic mass is 10.2. The third-order valence-corrected chi connectivity index (χ3v) is 11.0. The highest BCUT2D eigenvalue weighted by atomic mass is 32.2. The molecule has 1 amide bonds. The van der Waals surface area contributed by atoms with E-state index in [1.807, 2.05) is 0 Å². The number of rotatable bonds is 7. The van der Waals surface area contributed by atoms with Crippen LogP contribution in [0.1, 0.15) is 37.0 Å². The molecule has 2 aliphatic heterocycles. The van der Waals surface area contributed by atoms with Crippen LogP contribution in [0.25, 0.3) is 0 Å². The summed E-state index contributed by atoms with van der Waals surface area (Å²) < 4.78 is 54.3. The van der Waals surface area contributed by atoms with Gasteiger partial charge in [0.05, 0.1) is 11.3 Å². The molecule has 0 spiro atoms. The average molecular weight is 498 g/mol. The van der Waals surface area contributed by atoms with Crippen LogP contribution in [-0.4, -0.2) is 57.5 Å². The van der Waals surface area contributed by atoms with Crippen LogP contribution >= 0.6 is 11.3 Å². The smallest absolute Gasteiger partial charge is 0.252 e. The Labute approximate surface area is 193 Å². The molecular weight excluding hydrogens is 470 g/mol. The molecule has 0 radical (unpaired) electrons. The molecule has 0 unspecified atom stereocenters. The Hall–Kier alpha value is -1.79. The van der Waals surface area contributed by atoms with Crippen molar-refractivity contribution in [1.29, 1.82) is 0 Å². The summed E-state index contributed by atoms with van der Waals surface area (Å²) in [5, 5.41) is 2.73. The van der Waals surface area contributed by atoms with E-state index in [0.717, 1.165) is 43.4 Å². The highest BCUT2D eigenvalue weighted by Gasteiger charge is 2.29. The van der Waals surface area contributed by atoms with Crippen LogP contribution in [0.2, 0.25) is 0 Å². The molecular formula is C21H27N3O5S3. The van der Waals surface area contributed by atoms with Crippen molar-refractivity contribution in [2.75, 3.05) is 31.5 Å². The van der Waals surface area contributed by atoms with Crippen molar-refractivity contribution in [3.8, 4) is 0 Å². The number of hydrogen-bond acceptors (Lipinski definition) is 6. The summed E-state index contributed by atoms with van der Waals surface area (Å²) in [5.74, 6) is -0.329. The number of anilines is 1. The number of hydrogen-bond donors (Lipinski definition) is 1. The molecule has 0 atom stereocenters. The Morgan fingerprint density at radius 1 is 0.844 bits per heavy atom. The maximum Gasteiger partial charge on any atom is 0.252 e. The Morgan fingerprint density at radius 3 is 2.16 bits per heavy atom. The molecule has 2 fully saturated rings. The monoisotopic (exact) mass is 497 g/mol. The number of nitrogens with one attached hydrogen (secondary N) is 1. The average Bonchev–Trinajstić information content (AvgIpc) is 3.47. The Morgan fingerprint density at radius 2 is 1.47 bits per heavy atom. The molecule has 1 aromatic heterocycles. The minimum Gasteiger partial charge on any atom is -0.326 e. The van der Waals surface area contributed by atoms with E-state index in [1.165, 1.54) is 20.7 Å². The zero-order valence-corrected chi connectivity index (χ0v) is 20.1. The molecule has 4 rings (SSSR count). The van der Waals surface area contributed by atoms with Crippen molar-refractivity contribution < 1.29 is 21.6 Å². The molecule has 2 aromatic rings. The first-order chi connectivity index (χ1) is 15.3. The van der Waals surface area contributed by atoms with Gasteiger partial charge in [0, 0.05) is 36.7 Å². The second-order valence-electron chi connectivity index (χ2n) is 8.05. The van der Waals surface area contributed by atoms with Crippen LogP contribution in [-0.2, 0) is 31.3 Å². The maximum atomic E-state index is 12.9. The van der Waals surface area contributed by atoms with Gasteiger partial charge >= 0.3 is 0 Å². The van der Waals surface area contributed by atoms with Crippen LogP contribution in [0.15, 0.2) is 45.5 Å². The third kappa shape index (κ3) is 5.07. The van der Waals surface area contributed by atoms with Gasteiger partial charge in [0.2, 0.25) is 15.9 Å². The number of thiophene rings is 1. The first kappa shape index (κ1) is 23.4. The third-order valence-electron chi connectivity index (χ3n) is 5.70. The Bertz CT molecular complexity index is 1180. The summed E-state index contributed by atoms with van der Waals surface area (Å²) in [4.78, 5) is 13.3. The lowest BCUT2D eigenvalue weighted by Crippen LogP contribution is -2.35. The number of benzene rings is 1. The molecule has 1 N–H and O–H groups in total. The zero-order valence-electron chi connectivity index (χ0n) is 17.7. The van der Waals surface area contributed by atoms with E-state index in [4.69, 9.17) is 0 Å². The van der Waals surface area contributed by atoms with E-state index in [1.54, 1.807) is 24.3 Å². The van der Waals surface area contributed by atoms with Crippen molar-refractivity contribution in [2.24, 2.45) is 0 Å². The van der Waals surface area contributed by atoms with Crippen LogP contribution in [0.4, 0.5) is 5.69 Å². The molecule has 2 saturated heterocycles. The van der Waals surface area contributed by atoms with Gasteiger partial charge in [-0.3, -0.25) is 4.79 Å². The molecule has 32 heavy (non-hydrogen) atoms. The molecule has 11 heteroatoms. The normalized spacial score (nSPS) is 18.6. The van der Waals surface area contributed by atoms with Gasteiger partial charge in [0.1, 0.15) is 4.21 Å². The molecule has 8 nitrogen and oxygen atoms in total. The second-order valence-corrected chi connectivity index (χ2v) is 13.3. The molecule has 3 heterocycles. The minimum absolute atomic E-state index is 0.0172. The van der Waals surface area contributed by atoms with Crippen molar-refractivity contribution >= 4 is 43.0 Å². The van der Waals surface area contributed by atoms with E-state index in [0.29, 0.717) is 36.7 Å². The standard InChI is InChI=1S/C21H27N3O5S3/c25-20(16-18-9-10-21(30-18)32(28,29)24-13-4-5-14-24)22-17-7-6-8-19(15-17)31(26,27)23-11-2-1-3-12-23/h6-10,15H,1-5,11-14,16H2,(H,22,25). The Kier molecular flexibility index (Phi) is 7.01. The van der Waals surface area contributed by atoms with E-state index in [9.17, 15) is 21.6 Å². The topological polar surface area (TPSA) is 104 Å². The summed E-state index contributed by atoms with van der Waals surface area (Å²) in [7, 11) is -7.08. The fraction of sp³-hybridized carbons (Fsp3) is 0.476. The largest absolute Gasteiger partial charge is 0.326 e. The number of nitrogens with zero attached hydrogens (tertiary/aromatic N) is 2. The molecule has 2 aliphatic rings. The molecule has 1 aromatic carbocycles. The molecule has 174 valence electrons. The van der Waals surface area contributed by atoms with Gasteiger partial charge < -0.3 is 5.32 Å². The second kappa shape index (κ2) is 9.60. The number of sulfonamides is 2. The molecule has 0 aliphatic carbocycles. The fourth-order valence-corrected chi connectivity index (χ4v) is 8.59. The maximum absolute atomic E-state index is 12.9. The van der Waals surface area contributed by atoms with Gasteiger partial charge in [-0.05, 0) is 56.0 Å². The minimum atomic E-state index is -3.59.